The molecule has 0 fully saturated rings. The maximum absolute atomic E-state index is 6.10. The maximum atomic E-state index is 6.10. The van der Waals surface area contributed by atoms with Crippen molar-refractivity contribution in [3.63, 3.8) is 0 Å². The van der Waals surface area contributed by atoms with Crippen LogP contribution in [0.3, 0.4) is 0 Å². The van der Waals surface area contributed by atoms with Crippen molar-refractivity contribution in [1.29, 1.82) is 0 Å². The van der Waals surface area contributed by atoms with Crippen molar-refractivity contribution in [2.75, 3.05) is 0 Å². The minimum absolute atomic E-state index is 0.761. The summed E-state index contributed by atoms with van der Waals surface area (Å²) in [6.07, 6.45) is 0. The Morgan fingerprint density at radius 1 is 1.36 bits per heavy atom. The highest BCUT2D eigenvalue weighted by atomic mass is 79.9. The number of aromatic nitrogens is 1. The van der Waals surface area contributed by atoms with Gasteiger partial charge in [-0.1, -0.05) is 29.8 Å². The summed E-state index contributed by atoms with van der Waals surface area (Å²) in [5.74, 6) is 0. The van der Waals surface area contributed by atoms with Crippen LogP contribution in [-0.4, -0.2) is 4.37 Å². The highest BCUT2D eigenvalue weighted by Crippen LogP contribution is 2.37. The number of rotatable bonds is 1. The highest BCUT2D eigenvalue weighted by Gasteiger charge is 2.11. The lowest BCUT2D eigenvalue weighted by atomic mass is 10.2. The van der Waals surface area contributed by atoms with E-state index in [1.807, 2.05) is 31.2 Å². The molecule has 0 N–H and O–H groups in total. The Morgan fingerprint density at radius 2 is 2.07 bits per heavy atom. The SMILES string of the molecule is Cc1nsc(-c2ccccc2Cl)c1Br. The van der Waals surface area contributed by atoms with Crippen molar-refractivity contribution in [3.8, 4) is 10.4 Å². The van der Waals surface area contributed by atoms with Gasteiger partial charge in [0.1, 0.15) is 0 Å². The van der Waals surface area contributed by atoms with E-state index in [4.69, 9.17) is 11.6 Å². The van der Waals surface area contributed by atoms with E-state index in [0.29, 0.717) is 0 Å². The molecule has 1 aromatic carbocycles. The van der Waals surface area contributed by atoms with Gasteiger partial charge >= 0.3 is 0 Å². The summed E-state index contributed by atoms with van der Waals surface area (Å²) < 4.78 is 5.31. The zero-order chi connectivity index (χ0) is 10.1. The fourth-order valence-corrected chi connectivity index (χ4v) is 2.92. The molecule has 0 aliphatic rings. The predicted octanol–water partition coefficient (Wildman–Crippen LogP) is 4.53. The van der Waals surface area contributed by atoms with E-state index in [1.165, 1.54) is 11.5 Å². The van der Waals surface area contributed by atoms with Crippen molar-refractivity contribution in [3.05, 3.63) is 39.5 Å². The summed E-state index contributed by atoms with van der Waals surface area (Å²) in [4.78, 5) is 1.09. The molecule has 0 amide bonds. The van der Waals surface area contributed by atoms with Crippen LogP contribution in [0.4, 0.5) is 0 Å². The van der Waals surface area contributed by atoms with E-state index in [0.717, 1.165) is 25.6 Å². The second-order valence-electron chi connectivity index (χ2n) is 2.89. The summed E-state index contributed by atoms with van der Waals surface area (Å²) in [7, 11) is 0. The Balaban J connectivity index is 2.60. The monoisotopic (exact) mass is 287 g/mol. The minimum Gasteiger partial charge on any atom is -0.196 e. The van der Waals surface area contributed by atoms with Crippen LogP contribution in [-0.2, 0) is 0 Å². The molecule has 14 heavy (non-hydrogen) atoms. The van der Waals surface area contributed by atoms with Crippen LogP contribution >= 0.6 is 39.1 Å². The van der Waals surface area contributed by atoms with Crippen molar-refractivity contribution >= 4 is 39.1 Å². The molecule has 1 heterocycles. The molecule has 0 spiro atoms. The maximum Gasteiger partial charge on any atom is 0.0709 e. The summed E-state index contributed by atoms with van der Waals surface area (Å²) in [5, 5.41) is 0.761. The molecule has 72 valence electrons. The molecule has 0 atom stereocenters. The topological polar surface area (TPSA) is 12.9 Å². The fraction of sp³-hybridized carbons (Fsp3) is 0.100. The first-order valence-corrected chi connectivity index (χ1v) is 6.01. The molecule has 4 heteroatoms. The van der Waals surface area contributed by atoms with Gasteiger partial charge in [-0.15, -0.1) is 0 Å². The first kappa shape index (κ1) is 10.1. The molecular formula is C10H7BrClNS. The van der Waals surface area contributed by atoms with Crippen LogP contribution in [0.25, 0.3) is 10.4 Å². The van der Waals surface area contributed by atoms with Crippen LogP contribution in [0.5, 0.6) is 0 Å². The van der Waals surface area contributed by atoms with Gasteiger partial charge in [0.15, 0.2) is 0 Å². The van der Waals surface area contributed by atoms with E-state index in [9.17, 15) is 0 Å². The summed E-state index contributed by atoms with van der Waals surface area (Å²) in [6, 6.07) is 7.79. The normalized spacial score (nSPS) is 10.5. The number of benzene rings is 1. The first-order valence-electron chi connectivity index (χ1n) is 4.07. The van der Waals surface area contributed by atoms with Crippen molar-refractivity contribution in [2.24, 2.45) is 0 Å². The Bertz CT molecular complexity index is 467. The smallest absolute Gasteiger partial charge is 0.0709 e. The van der Waals surface area contributed by atoms with Gasteiger partial charge < -0.3 is 0 Å². The van der Waals surface area contributed by atoms with Crippen molar-refractivity contribution in [1.82, 2.24) is 4.37 Å². The molecule has 0 bridgehead atoms. The standard InChI is InChI=1S/C10H7BrClNS/c1-6-9(11)10(14-13-6)7-4-2-3-5-8(7)12/h2-5H,1H3. The van der Waals surface area contributed by atoms with Crippen LogP contribution in [0, 0.1) is 6.92 Å². The molecular weight excluding hydrogens is 282 g/mol. The van der Waals surface area contributed by atoms with Crippen LogP contribution < -0.4 is 0 Å². The average Bonchev–Trinajstić information content (AvgIpc) is 2.49. The third-order valence-corrected chi connectivity index (χ3v) is 4.44. The lowest BCUT2D eigenvalue weighted by Crippen LogP contribution is -1.75. The number of hydrogen-bond donors (Lipinski definition) is 0. The molecule has 1 nitrogen and oxygen atoms in total. The van der Waals surface area contributed by atoms with Gasteiger partial charge in [0, 0.05) is 10.6 Å². The van der Waals surface area contributed by atoms with Crippen molar-refractivity contribution in [2.45, 2.75) is 6.92 Å². The molecule has 2 aromatic rings. The molecule has 0 aliphatic heterocycles. The molecule has 0 unspecified atom stereocenters. The number of aryl methyl sites for hydroxylation is 1. The first-order chi connectivity index (χ1) is 6.70. The van der Waals surface area contributed by atoms with Gasteiger partial charge in [0.05, 0.1) is 15.0 Å². The van der Waals surface area contributed by atoms with Gasteiger partial charge in [-0.05, 0) is 40.5 Å². The van der Waals surface area contributed by atoms with E-state index in [-0.39, 0.29) is 0 Å². The molecule has 0 aliphatic carbocycles. The van der Waals surface area contributed by atoms with Crippen molar-refractivity contribution < 1.29 is 0 Å². The number of nitrogens with zero attached hydrogens (tertiary/aromatic N) is 1. The molecule has 0 radical (unpaired) electrons. The van der Waals surface area contributed by atoms with Gasteiger partial charge in [-0.2, -0.15) is 4.37 Å². The summed E-state index contributed by atoms with van der Waals surface area (Å²) in [5.41, 5.74) is 2.04. The molecule has 2 rings (SSSR count). The van der Waals surface area contributed by atoms with E-state index in [2.05, 4.69) is 20.3 Å². The Hall–Kier alpha value is -0.380. The third kappa shape index (κ3) is 1.72. The second-order valence-corrected chi connectivity index (χ2v) is 4.86. The lowest BCUT2D eigenvalue weighted by molar-refractivity contribution is 1.32. The zero-order valence-corrected chi connectivity index (χ0v) is 10.6. The predicted molar refractivity (Wildman–Crippen MR) is 65.0 cm³/mol. The largest absolute Gasteiger partial charge is 0.196 e. The minimum atomic E-state index is 0.761. The second kappa shape index (κ2) is 4.01. The van der Waals surface area contributed by atoms with Crippen LogP contribution in [0.15, 0.2) is 28.7 Å². The van der Waals surface area contributed by atoms with Gasteiger partial charge in [-0.25, -0.2) is 0 Å². The number of halogens is 2. The molecule has 0 saturated heterocycles. The van der Waals surface area contributed by atoms with Gasteiger partial charge in [0.25, 0.3) is 0 Å². The van der Waals surface area contributed by atoms with E-state index >= 15 is 0 Å². The quantitative estimate of drug-likeness (QED) is 0.751. The van der Waals surface area contributed by atoms with E-state index < -0.39 is 0 Å². The summed E-state index contributed by atoms with van der Waals surface area (Å²) >= 11 is 11.1. The fourth-order valence-electron chi connectivity index (χ4n) is 1.17. The summed E-state index contributed by atoms with van der Waals surface area (Å²) in [6.45, 7) is 1.97. The Morgan fingerprint density at radius 3 is 2.64 bits per heavy atom. The van der Waals surface area contributed by atoms with E-state index in [1.54, 1.807) is 0 Å². The van der Waals surface area contributed by atoms with Gasteiger partial charge in [-0.3, -0.25) is 0 Å². The zero-order valence-electron chi connectivity index (χ0n) is 7.42. The number of hydrogen-bond acceptors (Lipinski definition) is 2. The van der Waals surface area contributed by atoms with Gasteiger partial charge in [0.2, 0.25) is 0 Å². The lowest BCUT2D eigenvalue weighted by Gasteiger charge is -2.00. The molecule has 1 aromatic heterocycles. The van der Waals surface area contributed by atoms with Crippen LogP contribution in [0.2, 0.25) is 5.02 Å². The third-order valence-electron chi connectivity index (χ3n) is 1.91. The Labute approximate surface area is 100 Å². The molecule has 0 saturated carbocycles. The average molecular weight is 289 g/mol. The highest BCUT2D eigenvalue weighted by molar-refractivity contribution is 9.10. The Kier molecular flexibility index (Phi) is 2.91. The van der Waals surface area contributed by atoms with Crippen LogP contribution in [0.1, 0.15) is 5.69 Å².